The highest BCUT2D eigenvalue weighted by molar-refractivity contribution is 6.33. The largest absolute Gasteiger partial charge is 0.454 e. The van der Waals surface area contributed by atoms with Gasteiger partial charge >= 0.3 is 6.18 Å². The molecule has 0 radical (unpaired) electrons. The lowest BCUT2D eigenvalue weighted by Gasteiger charge is -2.40. The third-order valence-electron chi connectivity index (χ3n) is 6.16. The Bertz CT molecular complexity index is 1330. The monoisotopic (exact) mass is 487 g/mol. The van der Waals surface area contributed by atoms with Crippen molar-refractivity contribution in [2.24, 2.45) is 5.73 Å². The fourth-order valence-corrected chi connectivity index (χ4v) is 4.85. The Morgan fingerprint density at radius 1 is 1.12 bits per heavy atom. The highest BCUT2D eigenvalue weighted by Gasteiger charge is 2.42. The first-order valence-corrected chi connectivity index (χ1v) is 10.8. The Balaban J connectivity index is 1.73. The van der Waals surface area contributed by atoms with Gasteiger partial charge in [0.25, 0.3) is 0 Å². The number of carbonyl (C=O) groups excluding carboxylic acids is 1. The molecule has 0 saturated carbocycles. The summed E-state index contributed by atoms with van der Waals surface area (Å²) < 4.78 is 51.2. The summed E-state index contributed by atoms with van der Waals surface area (Å²) in [4.78, 5) is 14.5. The summed E-state index contributed by atoms with van der Waals surface area (Å²) in [6.45, 7) is 0.0568. The molecule has 0 spiro atoms. The van der Waals surface area contributed by atoms with E-state index in [-0.39, 0.29) is 41.1 Å². The van der Waals surface area contributed by atoms with Crippen molar-refractivity contribution in [2.45, 2.75) is 31.4 Å². The van der Waals surface area contributed by atoms with Crippen LogP contribution in [0.15, 0.2) is 59.1 Å². The van der Waals surface area contributed by atoms with Crippen molar-refractivity contribution >= 4 is 23.1 Å². The van der Waals surface area contributed by atoms with Gasteiger partial charge in [0.2, 0.25) is 6.79 Å². The zero-order valence-electron chi connectivity index (χ0n) is 17.6. The summed E-state index contributed by atoms with van der Waals surface area (Å²) in [7, 11) is 0. The number of hydrogen-bond acceptors (Lipinski definition) is 6. The molecule has 0 fully saturated rings. The molecule has 0 amide bonds. The van der Waals surface area contributed by atoms with E-state index in [1.165, 1.54) is 4.90 Å². The van der Waals surface area contributed by atoms with Crippen LogP contribution in [-0.2, 0) is 11.0 Å². The van der Waals surface area contributed by atoms with E-state index < -0.39 is 17.7 Å². The fraction of sp³-hybridized carbons (Fsp3) is 0.250. The molecule has 2 aromatic carbocycles. The Labute approximate surface area is 197 Å². The molecule has 2 aromatic rings. The third kappa shape index (κ3) is 3.46. The van der Waals surface area contributed by atoms with Crippen LogP contribution in [0.25, 0.3) is 0 Å². The van der Waals surface area contributed by atoms with E-state index in [0.717, 1.165) is 18.2 Å². The number of nitriles is 1. The van der Waals surface area contributed by atoms with Gasteiger partial charge in [-0.25, -0.2) is 0 Å². The topological polar surface area (TPSA) is 88.6 Å². The van der Waals surface area contributed by atoms with E-state index in [1.807, 2.05) is 0 Å². The van der Waals surface area contributed by atoms with Crippen LogP contribution >= 0.6 is 11.6 Å². The van der Waals surface area contributed by atoms with Gasteiger partial charge in [0.1, 0.15) is 5.82 Å². The first-order valence-electron chi connectivity index (χ1n) is 10.4. The number of nitrogens with two attached hydrogens (primary N) is 1. The predicted molar refractivity (Wildman–Crippen MR) is 117 cm³/mol. The molecule has 3 aliphatic rings. The molecule has 1 aliphatic carbocycles. The maximum absolute atomic E-state index is 13.4. The molecule has 2 aliphatic heterocycles. The average Bonchev–Trinajstić information content (AvgIpc) is 3.26. The van der Waals surface area contributed by atoms with E-state index in [9.17, 15) is 23.2 Å². The minimum atomic E-state index is -4.61. The Morgan fingerprint density at radius 3 is 2.62 bits per heavy atom. The van der Waals surface area contributed by atoms with E-state index in [0.29, 0.717) is 41.2 Å². The number of hydrogen-bond donors (Lipinski definition) is 1. The van der Waals surface area contributed by atoms with Crippen LogP contribution in [0.2, 0.25) is 5.02 Å². The normalized spacial score (nSPS) is 19.9. The van der Waals surface area contributed by atoms with Gasteiger partial charge in [0, 0.05) is 17.7 Å². The molecule has 10 heteroatoms. The average molecular weight is 488 g/mol. The second-order valence-electron chi connectivity index (χ2n) is 8.09. The quantitative estimate of drug-likeness (QED) is 0.611. The fourth-order valence-electron chi connectivity index (χ4n) is 4.65. The standard InChI is InChI=1S/C24H17ClF3N3O3/c25-15-6-5-13(24(26,27)28)9-17(15)31-16-2-1-3-18(32)22(16)21(14(10-29)23(31)30)12-4-7-19-20(8-12)34-11-33-19/h4-9,21H,1-3,11,30H2/t21-/m0/s1. The summed E-state index contributed by atoms with van der Waals surface area (Å²) >= 11 is 6.31. The van der Waals surface area contributed by atoms with Crippen molar-refractivity contribution in [3.05, 3.63) is 75.2 Å². The molecule has 34 heavy (non-hydrogen) atoms. The lowest BCUT2D eigenvalue weighted by Crippen LogP contribution is -2.39. The molecule has 5 rings (SSSR count). The zero-order valence-corrected chi connectivity index (χ0v) is 18.3. The van der Waals surface area contributed by atoms with Crippen LogP contribution in [0.3, 0.4) is 0 Å². The van der Waals surface area contributed by atoms with Crippen molar-refractivity contribution in [1.82, 2.24) is 0 Å². The van der Waals surface area contributed by atoms with Crippen molar-refractivity contribution in [3.63, 3.8) is 0 Å². The summed E-state index contributed by atoms with van der Waals surface area (Å²) in [5.41, 5.74) is 6.88. The highest BCUT2D eigenvalue weighted by Crippen LogP contribution is 2.49. The first kappa shape index (κ1) is 22.2. The SMILES string of the molecule is N#CC1=C(N)N(c2cc(C(F)(F)F)ccc2Cl)C2=C(C(=O)CCC2)[C@H]1c1ccc2c(c1)OCO2. The lowest BCUT2D eigenvalue weighted by molar-refractivity contribution is -0.137. The van der Waals surface area contributed by atoms with Crippen molar-refractivity contribution in [2.75, 3.05) is 11.7 Å². The van der Waals surface area contributed by atoms with Crippen LogP contribution in [0, 0.1) is 11.3 Å². The Hall–Kier alpha value is -3.64. The van der Waals surface area contributed by atoms with Gasteiger partial charge in [-0.2, -0.15) is 18.4 Å². The molecule has 2 heterocycles. The minimum Gasteiger partial charge on any atom is -0.454 e. The third-order valence-corrected chi connectivity index (χ3v) is 6.48. The van der Waals surface area contributed by atoms with Crippen LogP contribution in [0.1, 0.15) is 36.3 Å². The summed E-state index contributed by atoms with van der Waals surface area (Å²) in [6.07, 6.45) is -3.48. The Morgan fingerprint density at radius 2 is 1.88 bits per heavy atom. The zero-order chi connectivity index (χ0) is 24.2. The van der Waals surface area contributed by atoms with Gasteiger partial charge in [0.15, 0.2) is 17.3 Å². The number of rotatable bonds is 2. The van der Waals surface area contributed by atoms with Gasteiger partial charge in [0.05, 0.1) is 33.8 Å². The second kappa shape index (κ2) is 7.99. The number of fused-ring (bicyclic) bond motifs is 1. The number of allylic oxidation sites excluding steroid dienone is 3. The number of ketones is 1. The van der Waals surface area contributed by atoms with Gasteiger partial charge in [-0.3, -0.25) is 9.69 Å². The molecule has 0 aromatic heterocycles. The van der Waals surface area contributed by atoms with Gasteiger partial charge in [-0.05, 0) is 48.7 Å². The number of halogens is 4. The molecular formula is C24H17ClF3N3O3. The number of nitrogens with zero attached hydrogens (tertiary/aromatic N) is 2. The van der Waals surface area contributed by atoms with E-state index in [1.54, 1.807) is 18.2 Å². The van der Waals surface area contributed by atoms with Crippen molar-refractivity contribution in [1.29, 1.82) is 5.26 Å². The van der Waals surface area contributed by atoms with E-state index in [2.05, 4.69) is 6.07 Å². The molecule has 6 nitrogen and oxygen atoms in total. The Kier molecular flexibility index (Phi) is 5.21. The summed E-state index contributed by atoms with van der Waals surface area (Å²) in [5, 5.41) is 10.1. The van der Waals surface area contributed by atoms with E-state index >= 15 is 0 Å². The summed E-state index contributed by atoms with van der Waals surface area (Å²) in [5.74, 6) is -0.0427. The number of alkyl halides is 3. The lowest BCUT2D eigenvalue weighted by atomic mass is 9.75. The number of ether oxygens (including phenoxy) is 2. The molecule has 0 bridgehead atoms. The number of anilines is 1. The molecule has 1 atom stereocenters. The summed E-state index contributed by atoms with van der Waals surface area (Å²) in [6, 6.07) is 10.1. The number of Topliss-reactive ketones (excluding diaryl/α,β-unsaturated/α-hetero) is 1. The highest BCUT2D eigenvalue weighted by atomic mass is 35.5. The smallest absolute Gasteiger partial charge is 0.416 e. The van der Waals surface area contributed by atoms with Crippen LogP contribution in [0.4, 0.5) is 18.9 Å². The van der Waals surface area contributed by atoms with Gasteiger partial charge < -0.3 is 15.2 Å². The number of carbonyl (C=O) groups is 1. The second-order valence-corrected chi connectivity index (χ2v) is 8.50. The molecule has 174 valence electrons. The molecular weight excluding hydrogens is 471 g/mol. The maximum Gasteiger partial charge on any atom is 0.416 e. The van der Waals surface area contributed by atoms with Crippen molar-refractivity contribution < 1.29 is 27.4 Å². The maximum atomic E-state index is 13.4. The van der Waals surface area contributed by atoms with Crippen molar-refractivity contribution in [3.8, 4) is 17.6 Å². The van der Waals surface area contributed by atoms with E-state index in [4.69, 9.17) is 26.8 Å². The first-order chi connectivity index (χ1) is 16.2. The minimum absolute atomic E-state index is 0.0136. The molecule has 2 N–H and O–H groups in total. The predicted octanol–water partition coefficient (Wildman–Crippen LogP) is 5.39. The van der Waals surface area contributed by atoms with Crippen LogP contribution < -0.4 is 20.1 Å². The van der Waals surface area contributed by atoms with Gasteiger partial charge in [-0.1, -0.05) is 17.7 Å². The van der Waals surface area contributed by atoms with Gasteiger partial charge in [-0.15, -0.1) is 0 Å². The molecule has 0 saturated heterocycles. The van der Waals surface area contributed by atoms with Crippen LogP contribution in [-0.4, -0.2) is 12.6 Å². The molecule has 0 unspecified atom stereocenters. The number of benzene rings is 2. The van der Waals surface area contributed by atoms with Crippen LogP contribution in [0.5, 0.6) is 11.5 Å².